The van der Waals surface area contributed by atoms with Crippen molar-refractivity contribution in [3.63, 3.8) is 0 Å². The maximum absolute atomic E-state index is 12.9. The van der Waals surface area contributed by atoms with E-state index in [0.29, 0.717) is 129 Å². The fraction of sp³-hybridized carbons (Fsp3) is 0.460. The number of hydrogen-bond donors (Lipinski definition) is 2. The summed E-state index contributed by atoms with van der Waals surface area (Å²) in [5, 5.41) is 23.4. The van der Waals surface area contributed by atoms with Crippen LogP contribution in [-0.4, -0.2) is 184 Å². The molecule has 30 nitrogen and oxygen atoms in total. The standard InChI is InChI=1S/2C19H19F3N4O.C17H19N5O3.C17H19N5O.C15H20N4O2/c1-12-8-15(10-14-9-13(2-5-23-14)19(20,21)22)25-18-17(12)11-24-26(18)16-3-6-27-7-4-16;1-12-9-14(10-13-3-2-4-17(24-13)19(20,21)22)25-18-16(12)11-23-26(18)15-5-7-27-8-6-15;1-24-14-3-2-6-18-13(14)9-15-20-16-12(17(23)21-15)10-19-22(16)11-4-7-25-8-5-11;1-12-9-13(10-16-18-5-2-6-19-16)21-17-15(12)11-20-22(17)14-3-7-23-8-4-14;20-15-12-8-16-19(11-5-6-21-9-11)14(12)17-13(18-15)7-10-3-1-2-4-10/h2,5,9,11,16H,1,3-4,6-8,10H2;2-4,11,15H,1,5-10H2;2-3,6,10-11H,4-5,7-9H2,1H3,(H,20,21,23);2,5-6,11,14H,1,3-4,7-10H2;8,10-11H,1-7,9H2,(H,17,18,20). The largest absolute Gasteiger partial charge is 0.495 e. The fourth-order valence-electron chi connectivity index (χ4n) is 16.9. The number of hydrogen-bond acceptors (Lipinski definition) is 23. The summed E-state index contributed by atoms with van der Waals surface area (Å²) in [6.45, 7) is 19.5. The zero-order valence-corrected chi connectivity index (χ0v) is 68.3. The predicted molar refractivity (Wildman–Crippen MR) is 447 cm³/mol. The molecule has 11 aromatic heterocycles. The van der Waals surface area contributed by atoms with Gasteiger partial charge in [0.1, 0.15) is 39.7 Å². The van der Waals surface area contributed by atoms with Gasteiger partial charge in [-0.1, -0.05) is 51.5 Å². The number of aromatic amines is 2. The van der Waals surface area contributed by atoms with Crippen molar-refractivity contribution >= 4 is 73.4 Å². The number of halogens is 6. The first-order chi connectivity index (χ1) is 59.7. The van der Waals surface area contributed by atoms with E-state index in [9.17, 15) is 35.9 Å². The molecule has 2 N–H and O–H groups in total. The summed E-state index contributed by atoms with van der Waals surface area (Å²) in [7, 11) is 1.60. The summed E-state index contributed by atoms with van der Waals surface area (Å²) >= 11 is 0. The van der Waals surface area contributed by atoms with Crippen LogP contribution in [0.25, 0.3) is 38.8 Å². The summed E-state index contributed by atoms with van der Waals surface area (Å²) in [4.78, 5) is 74.8. The van der Waals surface area contributed by atoms with Crippen molar-refractivity contribution in [2.75, 3.05) is 73.2 Å². The molecule has 8 aliphatic heterocycles. The number of fused-ring (bicyclic) bond motifs is 5. The molecule has 1 aliphatic carbocycles. The maximum Gasteiger partial charge on any atom is 0.433 e. The van der Waals surface area contributed by atoms with Gasteiger partial charge in [-0.25, -0.2) is 63.3 Å². The Hall–Kier alpha value is -11.7. The van der Waals surface area contributed by atoms with Crippen LogP contribution in [0.5, 0.6) is 5.75 Å². The Balaban J connectivity index is 0.000000114. The predicted octanol–water partition coefficient (Wildman–Crippen LogP) is 14.8. The number of aromatic nitrogens is 19. The number of rotatable bonds is 16. The molecule has 1 unspecified atom stereocenters. The molecule has 9 aliphatic rings. The molecule has 6 fully saturated rings. The van der Waals surface area contributed by atoms with E-state index in [2.05, 4.69) is 85.1 Å². The molecule has 644 valence electrons. The molecule has 11 aromatic rings. The average molecular weight is 1690 g/mol. The van der Waals surface area contributed by atoms with E-state index >= 15 is 0 Å². The van der Waals surface area contributed by atoms with Gasteiger partial charge < -0.3 is 38.4 Å². The van der Waals surface area contributed by atoms with Gasteiger partial charge in [0.15, 0.2) is 28.7 Å². The fourth-order valence-corrected chi connectivity index (χ4v) is 16.9. The van der Waals surface area contributed by atoms with E-state index in [4.69, 9.17) is 48.4 Å². The minimum Gasteiger partial charge on any atom is -0.495 e. The number of H-pyrrole nitrogens is 2. The lowest BCUT2D eigenvalue weighted by atomic mass is 9.97. The average Bonchev–Trinajstić information content (AvgIpc) is 1.66. The summed E-state index contributed by atoms with van der Waals surface area (Å²) in [6, 6.07) is 12.7. The number of alkyl halides is 6. The number of nitrogens with one attached hydrogen (secondary N) is 2. The highest BCUT2D eigenvalue weighted by molar-refractivity contribution is 6.02. The number of ether oxygens (including phenoxy) is 6. The molecule has 0 spiro atoms. The van der Waals surface area contributed by atoms with E-state index in [1.165, 1.54) is 37.9 Å². The second-order valence-electron chi connectivity index (χ2n) is 31.8. The van der Waals surface area contributed by atoms with Crippen molar-refractivity contribution < 1.29 is 54.8 Å². The number of aliphatic imine (C=N–C) groups is 3. The first-order valence-corrected chi connectivity index (χ1v) is 41.8. The van der Waals surface area contributed by atoms with Gasteiger partial charge in [-0.15, -0.1) is 0 Å². The first-order valence-electron chi connectivity index (χ1n) is 41.8. The number of nitrogens with zero attached hydrogens (tertiary/aromatic N) is 20. The monoisotopic (exact) mass is 1690 g/mol. The van der Waals surface area contributed by atoms with Crippen LogP contribution in [0.3, 0.4) is 0 Å². The Labute approximate surface area is 703 Å². The summed E-state index contributed by atoms with van der Waals surface area (Å²) < 4.78 is 119. The number of allylic oxidation sites excluding steroid dienone is 3. The van der Waals surface area contributed by atoms with Crippen molar-refractivity contribution in [3.05, 3.63) is 207 Å². The van der Waals surface area contributed by atoms with E-state index < -0.39 is 23.6 Å². The molecule has 123 heavy (non-hydrogen) atoms. The Kier molecular flexibility index (Phi) is 26.5. The zero-order chi connectivity index (χ0) is 85.1. The van der Waals surface area contributed by atoms with E-state index in [0.717, 1.165) is 194 Å². The Morgan fingerprint density at radius 2 is 0.911 bits per heavy atom. The molecule has 19 heterocycles. The second kappa shape index (κ2) is 38.4. The number of methoxy groups -OCH3 is 1. The minimum atomic E-state index is -4.46. The van der Waals surface area contributed by atoms with Crippen LogP contribution < -0.4 is 15.9 Å². The number of pyridine rings is 3. The first kappa shape index (κ1) is 84.9. The zero-order valence-electron chi connectivity index (χ0n) is 68.3. The van der Waals surface area contributed by atoms with Gasteiger partial charge in [-0.05, 0) is 123 Å². The molecular weight excluding hydrogens is 1600 g/mol. The quantitative estimate of drug-likeness (QED) is 0.0849. The molecule has 0 aromatic carbocycles. The van der Waals surface area contributed by atoms with Gasteiger partial charge in [0, 0.05) is 174 Å². The SMILES string of the molecule is C=C1CC(Cc2cc(C(F)(F)F)ccn2)=Nc2c1cnn2C1CCOCC1.C=C1CC(Cc2cccc(C(F)(F)F)n2)=Nc2c1cnn2C1CCOCC1.C=C1CC(Cc2ncccn2)=Nc2c1cnn2C1CCOCC1.COc1cccnc1Cc1nc2c(cnn2C2CCOCC2)c(=O)[nH]1.O=c1[nH]c(CC2CCCC2)nc2c1cnn2C1CCOC1. The van der Waals surface area contributed by atoms with Gasteiger partial charge in [-0.3, -0.25) is 19.6 Å². The summed E-state index contributed by atoms with van der Waals surface area (Å²) in [5.41, 5.74) is 9.12. The lowest BCUT2D eigenvalue weighted by Gasteiger charge is -2.24. The van der Waals surface area contributed by atoms with Gasteiger partial charge in [0.05, 0.1) is 92.6 Å². The highest BCUT2D eigenvalue weighted by atomic mass is 19.4. The smallest absolute Gasteiger partial charge is 0.433 e. The third-order valence-corrected chi connectivity index (χ3v) is 23.3. The van der Waals surface area contributed by atoms with E-state index in [-0.39, 0.29) is 48.1 Å². The minimum absolute atomic E-state index is 0.0711. The normalized spacial score (nSPS) is 18.7. The highest BCUT2D eigenvalue weighted by Gasteiger charge is 2.36. The van der Waals surface area contributed by atoms with Gasteiger partial charge in [0.2, 0.25) is 0 Å². The van der Waals surface area contributed by atoms with Crippen molar-refractivity contribution in [1.82, 2.24) is 93.8 Å². The summed E-state index contributed by atoms with van der Waals surface area (Å²) in [6.07, 6.45) is 23.6. The van der Waals surface area contributed by atoms with Crippen LogP contribution in [0.4, 0.5) is 43.8 Å². The third-order valence-electron chi connectivity index (χ3n) is 23.3. The maximum atomic E-state index is 12.9. The van der Waals surface area contributed by atoms with Crippen molar-refractivity contribution in [2.24, 2.45) is 20.9 Å². The van der Waals surface area contributed by atoms with Crippen LogP contribution in [0.15, 0.2) is 149 Å². The van der Waals surface area contributed by atoms with Crippen LogP contribution in [0.2, 0.25) is 0 Å². The van der Waals surface area contributed by atoms with Crippen molar-refractivity contribution in [1.29, 1.82) is 0 Å². The summed E-state index contributed by atoms with van der Waals surface area (Å²) in [5.74, 6) is 5.88. The lowest BCUT2D eigenvalue weighted by molar-refractivity contribution is -0.141. The second-order valence-corrected chi connectivity index (χ2v) is 31.8. The highest BCUT2D eigenvalue weighted by Crippen LogP contribution is 2.42. The van der Waals surface area contributed by atoms with Crippen molar-refractivity contribution in [2.45, 2.75) is 177 Å². The van der Waals surface area contributed by atoms with Gasteiger partial charge in [-0.2, -0.15) is 51.8 Å². The topological polar surface area (TPSA) is 338 Å². The van der Waals surface area contributed by atoms with Gasteiger partial charge in [0.25, 0.3) is 11.1 Å². The lowest BCUT2D eigenvalue weighted by Crippen LogP contribution is -2.21. The molecule has 20 rings (SSSR count). The molecule has 0 bridgehead atoms. The van der Waals surface area contributed by atoms with Gasteiger partial charge >= 0.3 is 12.4 Å². The van der Waals surface area contributed by atoms with E-state index in [1.807, 2.05) is 47.8 Å². The Bertz CT molecular complexity index is 5660. The molecule has 0 radical (unpaired) electrons. The third kappa shape index (κ3) is 20.3. The van der Waals surface area contributed by atoms with E-state index in [1.54, 1.807) is 56.6 Å². The molecule has 5 saturated heterocycles. The van der Waals surface area contributed by atoms with Crippen LogP contribution in [-0.2, 0) is 68.1 Å². The Morgan fingerprint density at radius 1 is 0.455 bits per heavy atom. The Morgan fingerprint density at radius 3 is 1.41 bits per heavy atom. The molecule has 1 atom stereocenters. The van der Waals surface area contributed by atoms with Crippen LogP contribution in [0.1, 0.15) is 195 Å². The molecular formula is C87H96F6N22O8. The molecule has 36 heteroatoms. The van der Waals surface area contributed by atoms with Crippen LogP contribution in [0, 0.1) is 5.92 Å². The van der Waals surface area contributed by atoms with Crippen LogP contribution >= 0.6 is 0 Å². The molecule has 1 saturated carbocycles. The molecule has 0 amide bonds. The van der Waals surface area contributed by atoms with Crippen molar-refractivity contribution in [3.8, 4) is 5.75 Å².